The zero-order chi connectivity index (χ0) is 19.3. The van der Waals surface area contributed by atoms with Gasteiger partial charge >= 0.3 is 0 Å². The second-order valence-corrected chi connectivity index (χ2v) is 6.89. The van der Waals surface area contributed by atoms with Crippen molar-refractivity contribution in [2.75, 3.05) is 20.7 Å². The minimum absolute atomic E-state index is 0. The van der Waals surface area contributed by atoms with Crippen LogP contribution in [-0.4, -0.2) is 57.4 Å². The molecule has 0 radical (unpaired) electrons. The van der Waals surface area contributed by atoms with Gasteiger partial charge < -0.3 is 20.4 Å². The van der Waals surface area contributed by atoms with Crippen molar-refractivity contribution >= 4 is 41.0 Å². The van der Waals surface area contributed by atoms with Crippen molar-refractivity contribution in [3.63, 3.8) is 0 Å². The first-order valence-corrected chi connectivity index (χ1v) is 9.57. The third-order valence-electron chi connectivity index (χ3n) is 4.83. The monoisotopic (exact) mass is 510 g/mol. The fourth-order valence-corrected chi connectivity index (χ4v) is 3.48. The number of H-pyrrole nitrogens is 1. The fraction of sp³-hybridized carbons (Fsp3) is 0.474. The van der Waals surface area contributed by atoms with Gasteiger partial charge in [0.15, 0.2) is 11.8 Å². The maximum atomic E-state index is 5.12. The molecule has 4 rings (SSSR count). The number of nitrogens with zero attached hydrogens (tertiary/aromatic N) is 5. The number of methoxy groups -OCH3 is 1. The number of aromatic amines is 1. The number of benzene rings is 1. The Kier molecular flexibility index (Phi) is 7.42. The van der Waals surface area contributed by atoms with Crippen LogP contribution in [0.2, 0.25) is 0 Å². The molecule has 3 aromatic rings. The average Bonchev–Trinajstić information content (AvgIpc) is 3.30. The van der Waals surface area contributed by atoms with E-state index in [-0.39, 0.29) is 30.0 Å². The zero-order valence-corrected chi connectivity index (χ0v) is 19.0. The van der Waals surface area contributed by atoms with E-state index in [0.29, 0.717) is 6.61 Å². The molecule has 1 aromatic carbocycles. The maximum absolute atomic E-state index is 5.12. The van der Waals surface area contributed by atoms with Gasteiger partial charge in [0.1, 0.15) is 18.3 Å². The van der Waals surface area contributed by atoms with Crippen molar-refractivity contribution in [2.45, 2.75) is 38.5 Å². The number of rotatable bonds is 6. The van der Waals surface area contributed by atoms with Crippen LogP contribution in [0.1, 0.15) is 23.9 Å². The van der Waals surface area contributed by atoms with Crippen molar-refractivity contribution in [1.29, 1.82) is 0 Å². The molecule has 29 heavy (non-hydrogen) atoms. The van der Waals surface area contributed by atoms with Crippen molar-refractivity contribution in [1.82, 2.24) is 35.4 Å². The minimum atomic E-state index is 0. The highest BCUT2D eigenvalue weighted by molar-refractivity contribution is 14.0. The summed E-state index contributed by atoms with van der Waals surface area (Å²) < 4.78 is 7.09. The molecule has 0 fully saturated rings. The average molecular weight is 510 g/mol. The molecule has 0 bridgehead atoms. The van der Waals surface area contributed by atoms with Crippen molar-refractivity contribution in [2.24, 2.45) is 4.99 Å². The number of guanidine groups is 1. The van der Waals surface area contributed by atoms with Crippen LogP contribution in [0.3, 0.4) is 0 Å². The molecule has 0 saturated carbocycles. The number of nitrogens with one attached hydrogen (secondary N) is 3. The Hall–Kier alpha value is -2.21. The van der Waals surface area contributed by atoms with Gasteiger partial charge in [0, 0.05) is 39.6 Å². The molecule has 1 atom stereocenters. The van der Waals surface area contributed by atoms with E-state index >= 15 is 0 Å². The molecule has 3 heterocycles. The minimum Gasteiger partial charge on any atom is -0.377 e. The highest BCUT2D eigenvalue weighted by Crippen LogP contribution is 2.13. The van der Waals surface area contributed by atoms with Gasteiger partial charge in [-0.3, -0.25) is 4.99 Å². The van der Waals surface area contributed by atoms with Crippen molar-refractivity contribution < 1.29 is 4.74 Å². The van der Waals surface area contributed by atoms with E-state index in [9.17, 15) is 0 Å². The topological polar surface area (TPSA) is 105 Å². The first kappa shape index (κ1) is 21.5. The van der Waals surface area contributed by atoms with Crippen molar-refractivity contribution in [3.8, 4) is 0 Å². The number of ether oxygens (including phenoxy) is 1. The molecular weight excluding hydrogens is 483 g/mol. The van der Waals surface area contributed by atoms with Gasteiger partial charge in [0.25, 0.3) is 0 Å². The van der Waals surface area contributed by atoms with Crippen LogP contribution in [0.15, 0.2) is 29.3 Å². The molecule has 0 saturated heterocycles. The molecule has 9 nitrogen and oxygen atoms in total. The summed E-state index contributed by atoms with van der Waals surface area (Å²) in [5.41, 5.74) is 2.07. The summed E-state index contributed by atoms with van der Waals surface area (Å²) in [7, 11) is 3.45. The molecule has 3 N–H and O–H groups in total. The lowest BCUT2D eigenvalue weighted by atomic mass is 10.1. The number of fused-ring (bicyclic) bond motifs is 2. The van der Waals surface area contributed by atoms with Gasteiger partial charge in [-0.1, -0.05) is 12.1 Å². The van der Waals surface area contributed by atoms with Crippen LogP contribution in [0, 0.1) is 0 Å². The molecule has 2 aromatic heterocycles. The Balaban J connectivity index is 0.00000240. The molecule has 1 aliphatic heterocycles. The first-order valence-electron chi connectivity index (χ1n) is 9.57. The van der Waals surface area contributed by atoms with Crippen molar-refractivity contribution in [3.05, 3.63) is 41.7 Å². The van der Waals surface area contributed by atoms with E-state index in [1.807, 2.05) is 28.9 Å². The Morgan fingerprint density at radius 3 is 3.00 bits per heavy atom. The number of hydrogen-bond acceptors (Lipinski definition) is 5. The highest BCUT2D eigenvalue weighted by atomic mass is 127. The standard InChI is InChI=1S/C19H26N8O.HI/c1-20-19(21-10-9-16-23-14-5-3-4-6-15(14)24-16)22-13-7-8-18-25-17(12-28-2)26-27(18)11-13;/h3-6,13H,7-12H2,1-2H3,(H,23,24)(H2,20,21,22);1H. The van der Waals surface area contributed by atoms with Crippen LogP contribution in [0.25, 0.3) is 11.0 Å². The maximum Gasteiger partial charge on any atom is 0.191 e. The van der Waals surface area contributed by atoms with Gasteiger partial charge in [-0.2, -0.15) is 5.10 Å². The summed E-state index contributed by atoms with van der Waals surface area (Å²) in [6, 6.07) is 8.33. The predicted molar refractivity (Wildman–Crippen MR) is 123 cm³/mol. The van der Waals surface area contributed by atoms with E-state index in [0.717, 1.165) is 66.8 Å². The summed E-state index contributed by atoms with van der Waals surface area (Å²) >= 11 is 0. The molecule has 0 aliphatic carbocycles. The number of aliphatic imine (C=N–C) groups is 1. The van der Waals surface area contributed by atoms with Gasteiger partial charge in [0.05, 0.1) is 17.6 Å². The molecule has 1 unspecified atom stereocenters. The lowest BCUT2D eigenvalue weighted by Crippen LogP contribution is -2.47. The van der Waals surface area contributed by atoms with Gasteiger partial charge in [0.2, 0.25) is 0 Å². The van der Waals surface area contributed by atoms with Gasteiger partial charge in [-0.25, -0.2) is 14.6 Å². The second-order valence-electron chi connectivity index (χ2n) is 6.89. The van der Waals surface area contributed by atoms with Gasteiger partial charge in [-0.05, 0) is 18.6 Å². The Morgan fingerprint density at radius 1 is 1.34 bits per heavy atom. The molecule has 1 aliphatic rings. The number of aromatic nitrogens is 5. The van der Waals surface area contributed by atoms with E-state index in [2.05, 4.69) is 35.7 Å². The summed E-state index contributed by atoms with van der Waals surface area (Å²) in [5.74, 6) is 3.53. The zero-order valence-electron chi connectivity index (χ0n) is 16.7. The third kappa shape index (κ3) is 5.24. The Morgan fingerprint density at radius 2 is 2.21 bits per heavy atom. The van der Waals surface area contributed by atoms with Crippen LogP contribution in [0.4, 0.5) is 0 Å². The quantitative estimate of drug-likeness (QED) is 0.265. The lowest BCUT2D eigenvalue weighted by Gasteiger charge is -2.25. The molecule has 156 valence electrons. The normalized spacial score (nSPS) is 16.3. The number of aryl methyl sites for hydroxylation is 1. The Labute approximate surface area is 186 Å². The first-order chi connectivity index (χ1) is 13.7. The molecular formula is C19H27IN8O. The molecule has 0 amide bonds. The summed E-state index contributed by atoms with van der Waals surface area (Å²) in [5, 5.41) is 11.4. The van der Waals surface area contributed by atoms with E-state index < -0.39 is 0 Å². The number of imidazole rings is 1. The Bertz CT molecular complexity index is 933. The SMILES string of the molecule is CN=C(NCCc1nc2ccccc2[nH]1)NC1CCc2nc(COC)nn2C1.I. The van der Waals surface area contributed by atoms with Gasteiger partial charge in [-0.15, -0.1) is 24.0 Å². The summed E-state index contributed by atoms with van der Waals surface area (Å²) in [6.07, 6.45) is 2.69. The number of halogens is 1. The summed E-state index contributed by atoms with van der Waals surface area (Å²) in [4.78, 5) is 16.8. The third-order valence-corrected chi connectivity index (χ3v) is 4.83. The van der Waals surface area contributed by atoms with E-state index in [1.165, 1.54) is 0 Å². The van der Waals surface area contributed by atoms with Crippen LogP contribution >= 0.6 is 24.0 Å². The predicted octanol–water partition coefficient (Wildman–Crippen LogP) is 1.64. The molecule has 0 spiro atoms. The van der Waals surface area contributed by atoms with Crippen LogP contribution < -0.4 is 10.6 Å². The van der Waals surface area contributed by atoms with Crippen LogP contribution in [-0.2, 0) is 30.7 Å². The molecule has 10 heteroatoms. The number of hydrogen-bond donors (Lipinski definition) is 3. The summed E-state index contributed by atoms with van der Waals surface area (Å²) in [6.45, 7) is 1.97. The second kappa shape index (κ2) is 10.0. The van der Waals surface area contributed by atoms with Crippen LogP contribution in [0.5, 0.6) is 0 Å². The highest BCUT2D eigenvalue weighted by Gasteiger charge is 2.22. The largest absolute Gasteiger partial charge is 0.377 e. The van der Waals surface area contributed by atoms with E-state index in [1.54, 1.807) is 14.2 Å². The van der Waals surface area contributed by atoms with E-state index in [4.69, 9.17) is 4.74 Å². The lowest BCUT2D eigenvalue weighted by molar-refractivity contribution is 0.177. The smallest absolute Gasteiger partial charge is 0.191 e. The fourth-order valence-electron chi connectivity index (χ4n) is 3.48. The number of para-hydroxylation sites is 2.